The quantitative estimate of drug-likeness (QED) is 0.337. The van der Waals surface area contributed by atoms with Crippen LogP contribution in [0.3, 0.4) is 0 Å². The molecule has 35 heavy (non-hydrogen) atoms. The highest BCUT2D eigenvalue weighted by Gasteiger charge is 2.27. The van der Waals surface area contributed by atoms with Crippen LogP contribution in [-0.4, -0.2) is 54.0 Å². The standard InChI is InChI=1S/C28H37N5O2/c29-14-6-7-15-30-27(34)26(19-23-20-31-25-11-5-4-10-24(23)25)32-28(35)33-16-12-22(13-17-33)18-21-8-2-1-3-9-21/h1-5,8-11,20,22,26,31H,6-7,12-19,29H2,(H,30,34)(H,32,35)/t26-/m0/s1. The Balaban J connectivity index is 1.36. The molecule has 186 valence electrons. The number of nitrogens with one attached hydrogen (secondary N) is 3. The van der Waals surface area contributed by atoms with Gasteiger partial charge < -0.3 is 26.3 Å². The summed E-state index contributed by atoms with van der Waals surface area (Å²) in [4.78, 5) is 31.3. The van der Waals surface area contributed by atoms with Crippen LogP contribution in [0.25, 0.3) is 10.9 Å². The lowest BCUT2D eigenvalue weighted by Crippen LogP contribution is -2.53. The fraction of sp³-hybridized carbons (Fsp3) is 0.429. The summed E-state index contributed by atoms with van der Waals surface area (Å²) in [5.41, 5.74) is 8.96. The first-order valence-electron chi connectivity index (χ1n) is 12.8. The lowest BCUT2D eigenvalue weighted by Gasteiger charge is -2.33. The summed E-state index contributed by atoms with van der Waals surface area (Å²) in [6.45, 7) is 2.58. The van der Waals surface area contributed by atoms with E-state index in [9.17, 15) is 9.59 Å². The van der Waals surface area contributed by atoms with E-state index in [2.05, 4.69) is 39.9 Å². The van der Waals surface area contributed by atoms with E-state index in [0.717, 1.165) is 48.6 Å². The molecule has 1 saturated heterocycles. The van der Waals surface area contributed by atoms with Crippen LogP contribution in [0.15, 0.2) is 60.8 Å². The minimum absolute atomic E-state index is 0.153. The molecule has 3 aromatic rings. The minimum Gasteiger partial charge on any atom is -0.361 e. The van der Waals surface area contributed by atoms with Crippen molar-refractivity contribution in [2.75, 3.05) is 26.2 Å². The van der Waals surface area contributed by atoms with Gasteiger partial charge in [-0.2, -0.15) is 0 Å². The molecule has 0 spiro atoms. The van der Waals surface area contributed by atoms with Crippen molar-refractivity contribution in [1.29, 1.82) is 0 Å². The van der Waals surface area contributed by atoms with Crippen LogP contribution in [0.4, 0.5) is 4.79 Å². The average Bonchev–Trinajstić information content (AvgIpc) is 3.30. The predicted molar refractivity (Wildman–Crippen MR) is 140 cm³/mol. The van der Waals surface area contributed by atoms with E-state index in [1.54, 1.807) is 0 Å². The van der Waals surface area contributed by atoms with Crippen molar-refractivity contribution in [3.8, 4) is 0 Å². The summed E-state index contributed by atoms with van der Waals surface area (Å²) in [5, 5.41) is 7.09. The normalized spacial score (nSPS) is 15.2. The van der Waals surface area contributed by atoms with Crippen molar-refractivity contribution in [3.05, 3.63) is 71.9 Å². The topological polar surface area (TPSA) is 103 Å². The zero-order valence-electron chi connectivity index (χ0n) is 20.3. The number of benzene rings is 2. The SMILES string of the molecule is NCCCCNC(=O)[C@H](Cc1c[nH]c2ccccc12)NC(=O)N1CCC(Cc2ccccc2)CC1. The van der Waals surface area contributed by atoms with Gasteiger partial charge in [0, 0.05) is 43.2 Å². The maximum Gasteiger partial charge on any atom is 0.318 e. The lowest BCUT2D eigenvalue weighted by molar-refractivity contribution is -0.122. The summed E-state index contributed by atoms with van der Waals surface area (Å²) in [5.74, 6) is 0.425. The van der Waals surface area contributed by atoms with Crippen molar-refractivity contribution in [3.63, 3.8) is 0 Å². The number of aromatic nitrogens is 1. The predicted octanol–water partition coefficient (Wildman–Crippen LogP) is 3.60. The third-order valence-corrected chi connectivity index (χ3v) is 6.91. The number of nitrogens with zero attached hydrogens (tertiary/aromatic N) is 1. The van der Waals surface area contributed by atoms with Gasteiger partial charge in [0.2, 0.25) is 5.91 Å². The van der Waals surface area contributed by atoms with Gasteiger partial charge in [0.1, 0.15) is 6.04 Å². The van der Waals surface area contributed by atoms with Gasteiger partial charge in [-0.05, 0) is 61.8 Å². The molecule has 1 aliphatic rings. The van der Waals surface area contributed by atoms with Crippen LogP contribution in [0.2, 0.25) is 0 Å². The van der Waals surface area contributed by atoms with Crippen molar-refractivity contribution in [2.24, 2.45) is 11.7 Å². The maximum absolute atomic E-state index is 13.2. The molecule has 0 radical (unpaired) electrons. The molecule has 0 aliphatic carbocycles. The molecule has 2 aromatic carbocycles. The molecule has 5 N–H and O–H groups in total. The number of carbonyl (C=O) groups is 2. The van der Waals surface area contributed by atoms with Crippen LogP contribution in [0, 0.1) is 5.92 Å². The summed E-state index contributed by atoms with van der Waals surface area (Å²) in [6.07, 6.45) is 7.04. The number of fused-ring (bicyclic) bond motifs is 1. The van der Waals surface area contributed by atoms with Crippen molar-refractivity contribution >= 4 is 22.8 Å². The highest BCUT2D eigenvalue weighted by atomic mass is 16.2. The first-order chi connectivity index (χ1) is 17.1. The van der Waals surface area contributed by atoms with Gasteiger partial charge >= 0.3 is 6.03 Å². The highest BCUT2D eigenvalue weighted by molar-refractivity contribution is 5.89. The fourth-order valence-corrected chi connectivity index (χ4v) is 4.86. The highest BCUT2D eigenvalue weighted by Crippen LogP contribution is 2.22. The number of nitrogens with two attached hydrogens (primary N) is 1. The summed E-state index contributed by atoms with van der Waals surface area (Å²) in [7, 11) is 0. The molecule has 1 aromatic heterocycles. The molecule has 1 aliphatic heterocycles. The molecule has 7 heteroatoms. The van der Waals surface area contributed by atoms with Crippen LogP contribution < -0.4 is 16.4 Å². The lowest BCUT2D eigenvalue weighted by atomic mass is 9.90. The van der Waals surface area contributed by atoms with Gasteiger partial charge in [0.15, 0.2) is 0 Å². The third kappa shape index (κ3) is 6.85. The number of para-hydroxylation sites is 1. The molecule has 2 heterocycles. The zero-order valence-corrected chi connectivity index (χ0v) is 20.3. The number of carbonyl (C=O) groups excluding carboxylic acids is 2. The Bertz CT molecular complexity index is 1090. The van der Waals surface area contributed by atoms with Crippen LogP contribution >= 0.6 is 0 Å². The van der Waals surface area contributed by atoms with Crippen LogP contribution in [0.5, 0.6) is 0 Å². The van der Waals surface area contributed by atoms with Gasteiger partial charge in [-0.25, -0.2) is 4.79 Å². The number of hydrogen-bond acceptors (Lipinski definition) is 3. The van der Waals surface area contributed by atoms with Crippen LogP contribution in [0.1, 0.15) is 36.8 Å². The average molecular weight is 476 g/mol. The number of unbranched alkanes of at least 4 members (excludes halogenated alkanes) is 1. The van der Waals surface area contributed by atoms with E-state index in [4.69, 9.17) is 5.73 Å². The largest absolute Gasteiger partial charge is 0.361 e. The molecule has 7 nitrogen and oxygen atoms in total. The van der Waals surface area contributed by atoms with Gasteiger partial charge in [-0.15, -0.1) is 0 Å². The second-order valence-corrected chi connectivity index (χ2v) is 9.47. The Hall–Kier alpha value is -3.32. The van der Waals surface area contributed by atoms with Crippen molar-refractivity contribution < 1.29 is 9.59 Å². The Morgan fingerprint density at radius 2 is 1.77 bits per heavy atom. The number of hydrogen-bond donors (Lipinski definition) is 4. The monoisotopic (exact) mass is 475 g/mol. The van der Waals surface area contributed by atoms with E-state index < -0.39 is 6.04 Å². The van der Waals surface area contributed by atoms with Crippen LogP contribution in [-0.2, 0) is 17.6 Å². The number of H-pyrrole nitrogens is 1. The Labute approximate surface area is 207 Å². The van der Waals surface area contributed by atoms with Crippen molar-refractivity contribution in [1.82, 2.24) is 20.5 Å². The smallest absolute Gasteiger partial charge is 0.318 e. The van der Waals surface area contributed by atoms with Gasteiger partial charge in [-0.3, -0.25) is 4.79 Å². The van der Waals surface area contributed by atoms with E-state index in [1.807, 2.05) is 41.4 Å². The number of rotatable bonds is 10. The molecule has 0 saturated carbocycles. The fourth-order valence-electron chi connectivity index (χ4n) is 4.86. The number of amides is 3. The third-order valence-electron chi connectivity index (χ3n) is 6.91. The van der Waals surface area contributed by atoms with Gasteiger partial charge in [0.25, 0.3) is 0 Å². The molecule has 4 rings (SSSR count). The molecule has 3 amide bonds. The maximum atomic E-state index is 13.2. The molecular weight excluding hydrogens is 438 g/mol. The summed E-state index contributed by atoms with van der Waals surface area (Å²) >= 11 is 0. The Morgan fingerprint density at radius 1 is 1.03 bits per heavy atom. The first kappa shape index (κ1) is 24.8. The number of piperidine rings is 1. The van der Waals surface area contributed by atoms with Gasteiger partial charge in [0.05, 0.1) is 0 Å². The number of likely N-dealkylation sites (tertiary alicyclic amines) is 1. The van der Waals surface area contributed by atoms with E-state index in [0.29, 0.717) is 38.5 Å². The minimum atomic E-state index is -0.637. The van der Waals surface area contributed by atoms with Crippen molar-refractivity contribution in [2.45, 2.75) is 44.6 Å². The van der Waals surface area contributed by atoms with E-state index in [1.165, 1.54) is 5.56 Å². The summed E-state index contributed by atoms with van der Waals surface area (Å²) in [6, 6.07) is 17.7. The molecule has 0 bridgehead atoms. The Morgan fingerprint density at radius 3 is 2.54 bits per heavy atom. The second kappa shape index (κ2) is 12.4. The van der Waals surface area contributed by atoms with Gasteiger partial charge in [-0.1, -0.05) is 48.5 Å². The summed E-state index contributed by atoms with van der Waals surface area (Å²) < 4.78 is 0. The second-order valence-electron chi connectivity index (χ2n) is 9.47. The van der Waals surface area contributed by atoms with E-state index in [-0.39, 0.29) is 11.9 Å². The molecular formula is C28H37N5O2. The zero-order chi connectivity index (χ0) is 24.5. The first-order valence-corrected chi connectivity index (χ1v) is 12.8. The Kier molecular flexibility index (Phi) is 8.79. The molecule has 0 unspecified atom stereocenters. The number of urea groups is 1. The molecule has 1 atom stereocenters. The van der Waals surface area contributed by atoms with E-state index >= 15 is 0 Å². The molecule has 1 fully saturated rings. The number of aromatic amines is 1.